The summed E-state index contributed by atoms with van der Waals surface area (Å²) in [5.41, 5.74) is 0.781. The van der Waals surface area contributed by atoms with Crippen LogP contribution in [0.5, 0.6) is 0 Å². The van der Waals surface area contributed by atoms with Gasteiger partial charge in [0.2, 0.25) is 0 Å². The van der Waals surface area contributed by atoms with E-state index in [9.17, 15) is 4.79 Å². The van der Waals surface area contributed by atoms with E-state index in [1.165, 1.54) is 19.3 Å². The van der Waals surface area contributed by atoms with Crippen LogP contribution in [0.15, 0.2) is 30.3 Å². The lowest BCUT2D eigenvalue weighted by Crippen LogP contribution is -2.33. The van der Waals surface area contributed by atoms with Crippen LogP contribution in [-0.4, -0.2) is 16.6 Å². The fraction of sp³-hybridized carbons (Fsp3) is 0.462. The summed E-state index contributed by atoms with van der Waals surface area (Å²) in [5, 5.41) is 0. The lowest BCUT2D eigenvalue weighted by Gasteiger charge is -2.30. The monoisotopic (exact) mass is 235 g/mol. The molecule has 1 aromatic rings. The number of rotatable bonds is 2. The van der Waals surface area contributed by atoms with Crippen LogP contribution in [0.4, 0.5) is 0 Å². The SMILES string of the molecule is O=C(c1ccccc1)N(P)C1CCCCC1. The summed E-state index contributed by atoms with van der Waals surface area (Å²) < 4.78 is 1.84. The molecule has 0 bridgehead atoms. The van der Waals surface area contributed by atoms with Gasteiger partial charge >= 0.3 is 0 Å². The molecule has 0 radical (unpaired) electrons. The molecule has 0 aliphatic heterocycles. The van der Waals surface area contributed by atoms with Gasteiger partial charge in [0.25, 0.3) is 5.91 Å². The van der Waals surface area contributed by atoms with Crippen molar-refractivity contribution in [1.82, 2.24) is 4.67 Å². The highest BCUT2D eigenvalue weighted by Gasteiger charge is 2.22. The van der Waals surface area contributed by atoms with E-state index in [2.05, 4.69) is 9.39 Å². The van der Waals surface area contributed by atoms with Gasteiger partial charge in [0, 0.05) is 11.6 Å². The van der Waals surface area contributed by atoms with Gasteiger partial charge in [0.1, 0.15) is 0 Å². The van der Waals surface area contributed by atoms with Gasteiger partial charge in [-0.2, -0.15) is 0 Å². The minimum Gasteiger partial charge on any atom is -0.320 e. The highest BCUT2D eigenvalue weighted by atomic mass is 31.0. The number of benzene rings is 1. The lowest BCUT2D eigenvalue weighted by atomic mass is 9.95. The lowest BCUT2D eigenvalue weighted by molar-refractivity contribution is 0.0811. The second-order valence-corrected chi connectivity index (χ2v) is 4.93. The van der Waals surface area contributed by atoms with Crippen molar-refractivity contribution in [1.29, 1.82) is 0 Å². The maximum atomic E-state index is 12.1. The van der Waals surface area contributed by atoms with Gasteiger partial charge in [0.05, 0.1) is 0 Å². The van der Waals surface area contributed by atoms with Crippen LogP contribution >= 0.6 is 9.39 Å². The van der Waals surface area contributed by atoms with E-state index in [1.807, 2.05) is 35.0 Å². The Hall–Kier alpha value is -0.880. The van der Waals surface area contributed by atoms with Crippen LogP contribution < -0.4 is 0 Å². The van der Waals surface area contributed by atoms with E-state index in [1.54, 1.807) is 0 Å². The largest absolute Gasteiger partial charge is 0.320 e. The molecule has 16 heavy (non-hydrogen) atoms. The number of nitrogens with zero attached hydrogens (tertiary/aromatic N) is 1. The van der Waals surface area contributed by atoms with E-state index >= 15 is 0 Å². The molecule has 1 atom stereocenters. The van der Waals surface area contributed by atoms with Crippen LogP contribution in [0.1, 0.15) is 42.5 Å². The Morgan fingerprint density at radius 1 is 1.12 bits per heavy atom. The van der Waals surface area contributed by atoms with Crippen molar-refractivity contribution in [3.8, 4) is 0 Å². The molecule has 1 amide bonds. The van der Waals surface area contributed by atoms with Crippen molar-refractivity contribution in [2.45, 2.75) is 38.1 Å². The first-order valence-corrected chi connectivity index (χ1v) is 6.44. The van der Waals surface area contributed by atoms with Crippen molar-refractivity contribution < 1.29 is 4.79 Å². The van der Waals surface area contributed by atoms with E-state index in [0.717, 1.165) is 18.4 Å². The molecule has 0 spiro atoms. The van der Waals surface area contributed by atoms with Crippen molar-refractivity contribution in [2.24, 2.45) is 0 Å². The van der Waals surface area contributed by atoms with E-state index < -0.39 is 0 Å². The fourth-order valence-electron chi connectivity index (χ4n) is 2.25. The van der Waals surface area contributed by atoms with Gasteiger partial charge < -0.3 is 4.67 Å². The molecular weight excluding hydrogens is 217 g/mol. The standard InChI is InChI=1S/C13H18NOP/c15-13(11-7-3-1-4-8-11)14(16)12-9-5-2-6-10-12/h1,3-4,7-8,12H,2,5-6,9-10,16H2. The first kappa shape index (κ1) is 11.6. The molecule has 1 fully saturated rings. The van der Waals surface area contributed by atoms with Gasteiger partial charge in [-0.25, -0.2) is 0 Å². The molecule has 86 valence electrons. The van der Waals surface area contributed by atoms with E-state index in [-0.39, 0.29) is 5.91 Å². The zero-order chi connectivity index (χ0) is 11.4. The van der Waals surface area contributed by atoms with Crippen LogP contribution in [0.25, 0.3) is 0 Å². The van der Waals surface area contributed by atoms with Gasteiger partial charge in [-0.05, 0) is 34.4 Å². The number of carbonyl (C=O) groups excluding carboxylic acids is 1. The molecule has 1 unspecified atom stereocenters. The summed E-state index contributed by atoms with van der Waals surface area (Å²) >= 11 is 0. The maximum absolute atomic E-state index is 12.1. The van der Waals surface area contributed by atoms with Gasteiger partial charge in [-0.15, -0.1) is 0 Å². The van der Waals surface area contributed by atoms with Crippen LogP contribution in [0, 0.1) is 0 Å². The molecule has 0 saturated heterocycles. The fourth-order valence-corrected chi connectivity index (χ4v) is 2.70. The quantitative estimate of drug-likeness (QED) is 0.720. The number of hydrogen-bond donors (Lipinski definition) is 0. The molecule has 0 aromatic heterocycles. The predicted octanol–water partition coefficient (Wildman–Crippen LogP) is 3.25. The van der Waals surface area contributed by atoms with E-state index in [0.29, 0.717) is 6.04 Å². The van der Waals surface area contributed by atoms with Gasteiger partial charge in [-0.1, -0.05) is 37.5 Å². The number of hydrogen-bond acceptors (Lipinski definition) is 1. The summed E-state index contributed by atoms with van der Waals surface area (Å²) in [7, 11) is 2.60. The smallest absolute Gasteiger partial charge is 0.256 e. The van der Waals surface area contributed by atoms with Crippen molar-refractivity contribution in [2.75, 3.05) is 0 Å². The molecule has 1 aliphatic rings. The average molecular weight is 235 g/mol. The van der Waals surface area contributed by atoms with Gasteiger partial charge in [0.15, 0.2) is 0 Å². The zero-order valence-electron chi connectivity index (χ0n) is 9.43. The molecular formula is C13H18NOP. The second kappa shape index (κ2) is 5.45. The summed E-state index contributed by atoms with van der Waals surface area (Å²) in [6.45, 7) is 0. The summed E-state index contributed by atoms with van der Waals surface area (Å²) in [5.74, 6) is 0.123. The van der Waals surface area contributed by atoms with Gasteiger partial charge in [-0.3, -0.25) is 4.79 Å². The zero-order valence-corrected chi connectivity index (χ0v) is 10.6. The number of carbonyl (C=O) groups is 1. The predicted molar refractivity (Wildman–Crippen MR) is 69.2 cm³/mol. The third-order valence-corrected chi connectivity index (χ3v) is 3.88. The maximum Gasteiger partial charge on any atom is 0.256 e. The summed E-state index contributed by atoms with van der Waals surface area (Å²) in [6, 6.07) is 9.92. The third kappa shape index (κ3) is 2.62. The summed E-state index contributed by atoms with van der Waals surface area (Å²) in [6.07, 6.45) is 6.09. The second-order valence-electron chi connectivity index (χ2n) is 4.37. The van der Waals surface area contributed by atoms with Crippen molar-refractivity contribution >= 4 is 15.3 Å². The molecule has 3 heteroatoms. The number of amides is 1. The Balaban J connectivity index is 2.04. The Morgan fingerprint density at radius 2 is 1.75 bits per heavy atom. The summed E-state index contributed by atoms with van der Waals surface area (Å²) in [4.78, 5) is 12.1. The van der Waals surface area contributed by atoms with Crippen molar-refractivity contribution in [3.05, 3.63) is 35.9 Å². The first-order valence-electron chi connectivity index (χ1n) is 5.92. The van der Waals surface area contributed by atoms with Crippen LogP contribution in [0.2, 0.25) is 0 Å². The molecule has 2 rings (SSSR count). The Bertz CT molecular complexity index is 346. The minimum absolute atomic E-state index is 0.123. The van der Waals surface area contributed by atoms with E-state index in [4.69, 9.17) is 0 Å². The first-order chi connectivity index (χ1) is 7.79. The van der Waals surface area contributed by atoms with Crippen LogP contribution in [0.3, 0.4) is 0 Å². The van der Waals surface area contributed by atoms with Crippen LogP contribution in [-0.2, 0) is 0 Å². The highest BCUT2D eigenvalue weighted by molar-refractivity contribution is 7.14. The topological polar surface area (TPSA) is 20.3 Å². The molecule has 1 saturated carbocycles. The molecule has 0 N–H and O–H groups in total. The normalized spacial score (nSPS) is 17.1. The third-order valence-electron chi connectivity index (χ3n) is 3.22. The molecule has 1 aliphatic carbocycles. The molecule has 1 aromatic carbocycles. The van der Waals surface area contributed by atoms with Crippen molar-refractivity contribution in [3.63, 3.8) is 0 Å². The Labute approximate surface area is 99.3 Å². The average Bonchev–Trinajstić information content (AvgIpc) is 2.39. The Kier molecular flexibility index (Phi) is 3.95. The highest BCUT2D eigenvalue weighted by Crippen LogP contribution is 2.26. The minimum atomic E-state index is 0.123. The Morgan fingerprint density at radius 3 is 2.38 bits per heavy atom. The molecule has 0 heterocycles. The molecule has 2 nitrogen and oxygen atoms in total.